The molecule has 5 heteroatoms. The summed E-state index contributed by atoms with van der Waals surface area (Å²) in [6, 6.07) is 4.99. The molecule has 0 spiro atoms. The number of anilines is 1. The highest BCUT2D eigenvalue weighted by molar-refractivity contribution is 7.89. The van der Waals surface area contributed by atoms with Gasteiger partial charge in [-0.1, -0.05) is 12.5 Å². The first-order valence-corrected chi connectivity index (χ1v) is 9.14. The molecule has 0 radical (unpaired) electrons. The summed E-state index contributed by atoms with van der Waals surface area (Å²) >= 11 is 0. The van der Waals surface area contributed by atoms with Gasteiger partial charge in [0.15, 0.2) is 0 Å². The molecule has 3 unspecified atom stereocenters. The summed E-state index contributed by atoms with van der Waals surface area (Å²) in [5, 5.41) is 0. The quantitative estimate of drug-likeness (QED) is 0.870. The number of nitrogens with two attached hydrogens (primary N) is 1. The lowest BCUT2D eigenvalue weighted by molar-refractivity contribution is 0.280. The van der Waals surface area contributed by atoms with Gasteiger partial charge in [0, 0.05) is 19.3 Å². The van der Waals surface area contributed by atoms with Gasteiger partial charge in [-0.2, -0.15) is 0 Å². The van der Waals surface area contributed by atoms with E-state index in [0.717, 1.165) is 17.4 Å². The number of hydrogen-bond acceptors (Lipinski definition) is 3. The van der Waals surface area contributed by atoms with Crippen molar-refractivity contribution in [1.82, 2.24) is 4.31 Å². The first kappa shape index (κ1) is 14.9. The van der Waals surface area contributed by atoms with Crippen LogP contribution in [0.15, 0.2) is 23.1 Å². The predicted molar refractivity (Wildman–Crippen MR) is 84.3 cm³/mol. The van der Waals surface area contributed by atoms with E-state index in [2.05, 4.69) is 0 Å². The SMILES string of the molecule is Cc1ccc(S(=O)(=O)N(C)CC2CC3CCC2C3)cc1N. The minimum Gasteiger partial charge on any atom is -0.398 e. The van der Waals surface area contributed by atoms with E-state index in [-0.39, 0.29) is 0 Å². The zero-order chi connectivity index (χ0) is 15.2. The first-order valence-electron chi connectivity index (χ1n) is 7.70. The van der Waals surface area contributed by atoms with Crippen LogP contribution in [0.4, 0.5) is 5.69 Å². The third-order valence-corrected chi connectivity index (χ3v) is 7.15. The average molecular weight is 308 g/mol. The fraction of sp³-hybridized carbons (Fsp3) is 0.625. The molecule has 3 atom stereocenters. The Morgan fingerprint density at radius 2 is 2.05 bits per heavy atom. The highest BCUT2D eigenvalue weighted by atomic mass is 32.2. The first-order chi connectivity index (χ1) is 9.88. The van der Waals surface area contributed by atoms with Crippen LogP contribution in [-0.4, -0.2) is 26.3 Å². The molecule has 0 aliphatic heterocycles. The minimum atomic E-state index is -3.43. The summed E-state index contributed by atoms with van der Waals surface area (Å²) in [6.07, 6.45) is 5.11. The molecule has 2 fully saturated rings. The molecule has 2 N–H and O–H groups in total. The zero-order valence-corrected chi connectivity index (χ0v) is 13.6. The van der Waals surface area contributed by atoms with E-state index < -0.39 is 10.0 Å². The molecular weight excluding hydrogens is 284 g/mol. The number of aryl methyl sites for hydroxylation is 1. The van der Waals surface area contributed by atoms with Crippen molar-refractivity contribution in [3.63, 3.8) is 0 Å². The van der Waals surface area contributed by atoms with Gasteiger partial charge < -0.3 is 5.73 Å². The molecule has 0 amide bonds. The van der Waals surface area contributed by atoms with Crippen molar-refractivity contribution in [1.29, 1.82) is 0 Å². The van der Waals surface area contributed by atoms with Gasteiger partial charge in [0.25, 0.3) is 0 Å². The van der Waals surface area contributed by atoms with Crippen molar-refractivity contribution in [3.05, 3.63) is 23.8 Å². The molecule has 116 valence electrons. The van der Waals surface area contributed by atoms with Gasteiger partial charge in [0.05, 0.1) is 4.90 Å². The Hall–Kier alpha value is -1.07. The summed E-state index contributed by atoms with van der Waals surface area (Å²) < 4.78 is 26.8. The highest BCUT2D eigenvalue weighted by Crippen LogP contribution is 2.48. The minimum absolute atomic E-state index is 0.302. The summed E-state index contributed by atoms with van der Waals surface area (Å²) in [7, 11) is -1.74. The van der Waals surface area contributed by atoms with Gasteiger partial charge in [0.1, 0.15) is 0 Å². The molecule has 0 saturated heterocycles. The molecule has 0 heterocycles. The number of benzene rings is 1. The second kappa shape index (κ2) is 5.29. The molecule has 3 rings (SSSR count). The second-order valence-electron chi connectivity index (χ2n) is 6.74. The van der Waals surface area contributed by atoms with Crippen LogP contribution in [0.3, 0.4) is 0 Å². The van der Waals surface area contributed by atoms with Gasteiger partial charge >= 0.3 is 0 Å². The van der Waals surface area contributed by atoms with Crippen molar-refractivity contribution in [2.75, 3.05) is 19.3 Å². The van der Waals surface area contributed by atoms with E-state index in [0.29, 0.717) is 23.0 Å². The predicted octanol–water partition coefficient (Wildman–Crippen LogP) is 2.63. The van der Waals surface area contributed by atoms with Crippen LogP contribution in [0.1, 0.15) is 31.2 Å². The molecule has 2 aliphatic rings. The molecule has 0 aromatic heterocycles. The Bertz CT molecular complexity index is 642. The lowest BCUT2D eigenvalue weighted by Gasteiger charge is -2.27. The van der Waals surface area contributed by atoms with Crippen molar-refractivity contribution in [3.8, 4) is 0 Å². The van der Waals surface area contributed by atoms with Crippen LogP contribution in [0.25, 0.3) is 0 Å². The second-order valence-corrected chi connectivity index (χ2v) is 8.78. The molecule has 4 nitrogen and oxygen atoms in total. The van der Waals surface area contributed by atoms with Gasteiger partial charge in [-0.05, 0) is 61.6 Å². The summed E-state index contributed by atoms with van der Waals surface area (Å²) in [5.74, 6) is 2.10. The Morgan fingerprint density at radius 3 is 2.62 bits per heavy atom. The fourth-order valence-corrected chi connectivity index (χ4v) is 5.25. The lowest BCUT2D eigenvalue weighted by atomic mass is 9.89. The molecule has 2 bridgehead atoms. The van der Waals surface area contributed by atoms with Crippen LogP contribution >= 0.6 is 0 Å². The Balaban J connectivity index is 1.76. The van der Waals surface area contributed by atoms with E-state index >= 15 is 0 Å². The topological polar surface area (TPSA) is 63.4 Å². The van der Waals surface area contributed by atoms with E-state index in [9.17, 15) is 8.42 Å². The number of hydrogen-bond donors (Lipinski definition) is 1. The summed E-state index contributed by atoms with van der Waals surface area (Å²) in [4.78, 5) is 0.302. The van der Waals surface area contributed by atoms with Crippen LogP contribution in [0.5, 0.6) is 0 Å². The molecule has 2 aliphatic carbocycles. The van der Waals surface area contributed by atoms with Crippen LogP contribution in [0.2, 0.25) is 0 Å². The van der Waals surface area contributed by atoms with Crippen molar-refractivity contribution in [2.45, 2.75) is 37.5 Å². The molecule has 1 aromatic carbocycles. The summed E-state index contributed by atoms with van der Waals surface area (Å²) in [5.41, 5.74) is 7.29. The molecule has 21 heavy (non-hydrogen) atoms. The third kappa shape index (κ3) is 2.69. The van der Waals surface area contributed by atoms with Gasteiger partial charge in [-0.3, -0.25) is 0 Å². The number of fused-ring (bicyclic) bond motifs is 2. The van der Waals surface area contributed by atoms with Crippen molar-refractivity contribution in [2.24, 2.45) is 17.8 Å². The monoisotopic (exact) mass is 308 g/mol. The molecule has 1 aromatic rings. The van der Waals surface area contributed by atoms with E-state index in [1.807, 2.05) is 6.92 Å². The van der Waals surface area contributed by atoms with Crippen LogP contribution < -0.4 is 5.73 Å². The van der Waals surface area contributed by atoms with Gasteiger partial charge in [0.2, 0.25) is 10.0 Å². The number of rotatable bonds is 4. The van der Waals surface area contributed by atoms with E-state index in [1.54, 1.807) is 25.2 Å². The normalized spacial score (nSPS) is 28.4. The number of nitrogens with zero attached hydrogens (tertiary/aromatic N) is 1. The third-order valence-electron chi connectivity index (χ3n) is 5.34. The van der Waals surface area contributed by atoms with Crippen molar-refractivity contribution >= 4 is 15.7 Å². The van der Waals surface area contributed by atoms with Gasteiger partial charge in [-0.15, -0.1) is 0 Å². The Morgan fingerprint density at radius 1 is 1.29 bits per heavy atom. The summed E-state index contributed by atoms with van der Waals surface area (Å²) in [6.45, 7) is 2.52. The average Bonchev–Trinajstić information content (AvgIpc) is 3.04. The number of nitrogen functional groups attached to an aromatic ring is 1. The van der Waals surface area contributed by atoms with E-state index in [1.165, 1.54) is 30.0 Å². The maximum Gasteiger partial charge on any atom is 0.242 e. The van der Waals surface area contributed by atoms with Crippen LogP contribution in [-0.2, 0) is 10.0 Å². The standard InChI is InChI=1S/C16H24N2O2S/c1-11-3-6-15(9-16(11)17)21(19,20)18(2)10-14-8-12-4-5-13(14)7-12/h3,6,9,12-14H,4-5,7-8,10,17H2,1-2H3. The lowest BCUT2D eigenvalue weighted by Crippen LogP contribution is -2.33. The van der Waals surface area contributed by atoms with Gasteiger partial charge in [-0.25, -0.2) is 12.7 Å². The molecule has 2 saturated carbocycles. The largest absolute Gasteiger partial charge is 0.398 e. The fourth-order valence-electron chi connectivity index (χ4n) is 3.99. The number of sulfonamides is 1. The highest BCUT2D eigenvalue weighted by Gasteiger charge is 2.40. The van der Waals surface area contributed by atoms with Crippen molar-refractivity contribution < 1.29 is 8.42 Å². The zero-order valence-electron chi connectivity index (χ0n) is 12.7. The maximum absolute atomic E-state index is 12.7. The Labute approximate surface area is 127 Å². The van der Waals surface area contributed by atoms with E-state index in [4.69, 9.17) is 5.73 Å². The van der Waals surface area contributed by atoms with Crippen LogP contribution in [0, 0.1) is 24.7 Å². The Kier molecular flexibility index (Phi) is 3.74. The smallest absolute Gasteiger partial charge is 0.242 e. The molecular formula is C16H24N2O2S. The maximum atomic E-state index is 12.7.